The minimum absolute atomic E-state index is 0.134. The second kappa shape index (κ2) is 8.24. The summed E-state index contributed by atoms with van der Waals surface area (Å²) in [5, 5.41) is 11.1. The lowest BCUT2D eigenvalue weighted by Crippen LogP contribution is -2.36. The minimum Gasteiger partial charge on any atom is -0.468 e. The first-order valence-electron chi connectivity index (χ1n) is 7.99. The van der Waals surface area contributed by atoms with E-state index >= 15 is 0 Å². The lowest BCUT2D eigenvalue weighted by atomic mass is 10.0. The molecular formula is C19H20N2O5. The second-order valence-corrected chi connectivity index (χ2v) is 5.87. The van der Waals surface area contributed by atoms with Gasteiger partial charge in [0.15, 0.2) is 0 Å². The van der Waals surface area contributed by atoms with E-state index < -0.39 is 16.8 Å². The molecule has 26 heavy (non-hydrogen) atoms. The lowest BCUT2D eigenvalue weighted by Gasteiger charge is -2.23. The van der Waals surface area contributed by atoms with E-state index in [1.807, 2.05) is 31.2 Å². The van der Waals surface area contributed by atoms with Crippen molar-refractivity contribution in [2.75, 3.05) is 13.7 Å². The third-order valence-corrected chi connectivity index (χ3v) is 4.19. The summed E-state index contributed by atoms with van der Waals surface area (Å²) in [6, 6.07) is 11.8. The number of nitrogens with zero attached hydrogens (tertiary/aromatic N) is 2. The van der Waals surface area contributed by atoms with Crippen molar-refractivity contribution in [2.45, 2.75) is 20.4 Å². The molecule has 0 unspecified atom stereocenters. The van der Waals surface area contributed by atoms with E-state index in [0.29, 0.717) is 0 Å². The Kier molecular flexibility index (Phi) is 6.06. The Bertz CT molecular complexity index is 848. The van der Waals surface area contributed by atoms with Crippen LogP contribution >= 0.6 is 0 Å². The van der Waals surface area contributed by atoms with Gasteiger partial charge in [-0.2, -0.15) is 0 Å². The number of carbonyl (C=O) groups is 2. The third-order valence-electron chi connectivity index (χ3n) is 4.19. The van der Waals surface area contributed by atoms with Gasteiger partial charge in [-0.3, -0.25) is 19.7 Å². The number of benzene rings is 2. The Hall–Kier alpha value is -3.22. The van der Waals surface area contributed by atoms with Crippen LogP contribution in [0.3, 0.4) is 0 Å². The number of hydrogen-bond acceptors (Lipinski definition) is 5. The number of ether oxygens (including phenoxy) is 1. The summed E-state index contributed by atoms with van der Waals surface area (Å²) in [5.41, 5.74) is 2.18. The number of rotatable bonds is 6. The van der Waals surface area contributed by atoms with Crippen molar-refractivity contribution in [1.82, 2.24) is 4.90 Å². The molecule has 136 valence electrons. The fourth-order valence-corrected chi connectivity index (χ4v) is 2.64. The average molecular weight is 356 g/mol. The van der Waals surface area contributed by atoms with E-state index in [0.717, 1.165) is 11.1 Å². The van der Waals surface area contributed by atoms with E-state index in [4.69, 9.17) is 0 Å². The zero-order chi connectivity index (χ0) is 19.3. The third kappa shape index (κ3) is 4.24. The molecule has 2 aromatic carbocycles. The number of nitro groups is 1. The molecule has 2 aromatic rings. The highest BCUT2D eigenvalue weighted by molar-refractivity contribution is 5.98. The molecule has 0 saturated carbocycles. The maximum Gasteiger partial charge on any atom is 0.325 e. The van der Waals surface area contributed by atoms with Crippen LogP contribution < -0.4 is 0 Å². The summed E-state index contributed by atoms with van der Waals surface area (Å²) in [6.07, 6.45) is 0. The van der Waals surface area contributed by atoms with Crippen molar-refractivity contribution in [2.24, 2.45) is 0 Å². The van der Waals surface area contributed by atoms with Gasteiger partial charge in [-0.05, 0) is 31.0 Å². The Morgan fingerprint density at radius 3 is 2.42 bits per heavy atom. The molecule has 0 heterocycles. The van der Waals surface area contributed by atoms with Crippen LogP contribution in [-0.4, -0.2) is 35.4 Å². The zero-order valence-electron chi connectivity index (χ0n) is 14.9. The molecule has 0 aliphatic carbocycles. The van der Waals surface area contributed by atoms with Crippen LogP contribution in [0.5, 0.6) is 0 Å². The van der Waals surface area contributed by atoms with Crippen LogP contribution in [0.25, 0.3) is 0 Å². The summed E-state index contributed by atoms with van der Waals surface area (Å²) in [4.78, 5) is 36.7. The normalized spacial score (nSPS) is 10.3. The molecule has 2 rings (SSSR count). The summed E-state index contributed by atoms with van der Waals surface area (Å²) >= 11 is 0. The molecule has 0 saturated heterocycles. The van der Waals surface area contributed by atoms with Crippen molar-refractivity contribution in [1.29, 1.82) is 0 Å². The number of hydrogen-bond donors (Lipinski definition) is 0. The predicted molar refractivity (Wildman–Crippen MR) is 95.8 cm³/mol. The molecule has 7 heteroatoms. The quantitative estimate of drug-likeness (QED) is 0.451. The Morgan fingerprint density at radius 2 is 1.81 bits per heavy atom. The summed E-state index contributed by atoms with van der Waals surface area (Å²) in [7, 11) is 1.25. The van der Waals surface area contributed by atoms with Crippen LogP contribution in [0.1, 0.15) is 27.0 Å². The molecule has 7 nitrogen and oxygen atoms in total. The summed E-state index contributed by atoms with van der Waals surface area (Å²) in [5.74, 6) is -1.02. The van der Waals surface area contributed by atoms with E-state index in [1.54, 1.807) is 0 Å². The van der Waals surface area contributed by atoms with Gasteiger partial charge in [0.25, 0.3) is 11.6 Å². The SMILES string of the molecule is COC(=O)CN(Cc1ccccc1C)C(=O)c1cccc([N+](=O)[O-])c1C. The van der Waals surface area contributed by atoms with Gasteiger partial charge in [-0.25, -0.2) is 0 Å². The monoisotopic (exact) mass is 356 g/mol. The van der Waals surface area contributed by atoms with Crippen LogP contribution in [0.4, 0.5) is 5.69 Å². The molecule has 0 aliphatic heterocycles. The van der Waals surface area contributed by atoms with E-state index in [-0.39, 0.29) is 29.9 Å². The highest BCUT2D eigenvalue weighted by Gasteiger charge is 2.24. The standard InChI is InChI=1S/C19H20N2O5/c1-13-7-4-5-8-15(13)11-20(12-18(22)26-3)19(23)16-9-6-10-17(14(16)2)21(24)25/h4-10H,11-12H2,1-3H3. The van der Waals surface area contributed by atoms with Gasteiger partial charge in [0.1, 0.15) is 6.54 Å². The number of aryl methyl sites for hydroxylation is 1. The Balaban J connectivity index is 2.40. The van der Waals surface area contributed by atoms with Crippen molar-refractivity contribution in [3.8, 4) is 0 Å². The Morgan fingerprint density at radius 1 is 1.12 bits per heavy atom. The van der Waals surface area contributed by atoms with Crippen LogP contribution in [-0.2, 0) is 16.1 Å². The van der Waals surface area contributed by atoms with Crippen molar-refractivity contribution < 1.29 is 19.2 Å². The second-order valence-electron chi connectivity index (χ2n) is 5.87. The van der Waals surface area contributed by atoms with E-state index in [1.165, 1.54) is 37.1 Å². The lowest BCUT2D eigenvalue weighted by molar-refractivity contribution is -0.385. The molecule has 0 spiro atoms. The number of esters is 1. The predicted octanol–water partition coefficient (Wildman–Crippen LogP) is 3.03. The largest absolute Gasteiger partial charge is 0.468 e. The smallest absolute Gasteiger partial charge is 0.325 e. The fraction of sp³-hybridized carbons (Fsp3) is 0.263. The van der Waals surface area contributed by atoms with Crippen molar-refractivity contribution in [3.63, 3.8) is 0 Å². The number of nitro benzene ring substituents is 1. The van der Waals surface area contributed by atoms with Gasteiger partial charge in [-0.15, -0.1) is 0 Å². The molecular weight excluding hydrogens is 336 g/mol. The van der Waals surface area contributed by atoms with E-state index in [9.17, 15) is 19.7 Å². The first-order valence-corrected chi connectivity index (χ1v) is 7.99. The topological polar surface area (TPSA) is 89.8 Å². The molecule has 0 aromatic heterocycles. The first kappa shape index (κ1) is 19.1. The van der Waals surface area contributed by atoms with Crippen LogP contribution in [0.15, 0.2) is 42.5 Å². The highest BCUT2D eigenvalue weighted by Crippen LogP contribution is 2.23. The molecule has 0 radical (unpaired) electrons. The maximum atomic E-state index is 13.0. The Labute approximate surface area is 151 Å². The molecule has 0 bridgehead atoms. The van der Waals surface area contributed by atoms with Gasteiger partial charge in [0, 0.05) is 23.7 Å². The molecule has 0 N–H and O–H groups in total. The van der Waals surface area contributed by atoms with E-state index in [2.05, 4.69) is 4.74 Å². The summed E-state index contributed by atoms with van der Waals surface area (Å²) in [6.45, 7) is 3.39. The minimum atomic E-state index is -0.560. The van der Waals surface area contributed by atoms with Gasteiger partial charge in [0.2, 0.25) is 0 Å². The zero-order valence-corrected chi connectivity index (χ0v) is 14.9. The van der Waals surface area contributed by atoms with Crippen LogP contribution in [0, 0.1) is 24.0 Å². The maximum absolute atomic E-state index is 13.0. The van der Waals surface area contributed by atoms with Crippen molar-refractivity contribution in [3.05, 3.63) is 74.8 Å². The molecule has 0 atom stereocenters. The van der Waals surface area contributed by atoms with Gasteiger partial charge >= 0.3 is 5.97 Å². The van der Waals surface area contributed by atoms with Crippen LogP contribution in [0.2, 0.25) is 0 Å². The van der Waals surface area contributed by atoms with Gasteiger partial charge < -0.3 is 9.64 Å². The fourth-order valence-electron chi connectivity index (χ4n) is 2.64. The number of amides is 1. The van der Waals surface area contributed by atoms with Crippen molar-refractivity contribution >= 4 is 17.6 Å². The molecule has 1 amide bonds. The highest BCUT2D eigenvalue weighted by atomic mass is 16.6. The molecule has 0 aliphatic rings. The van der Waals surface area contributed by atoms with Gasteiger partial charge in [0.05, 0.1) is 12.0 Å². The average Bonchev–Trinajstić information content (AvgIpc) is 2.62. The molecule has 0 fully saturated rings. The summed E-state index contributed by atoms with van der Waals surface area (Å²) < 4.78 is 4.69. The number of methoxy groups -OCH3 is 1. The van der Waals surface area contributed by atoms with Gasteiger partial charge in [-0.1, -0.05) is 30.3 Å². The first-order chi connectivity index (χ1) is 12.3. The number of carbonyl (C=O) groups excluding carboxylic acids is 2.